The summed E-state index contributed by atoms with van der Waals surface area (Å²) in [6, 6.07) is 0.0419. The van der Waals surface area contributed by atoms with Gasteiger partial charge in [-0.3, -0.25) is 9.80 Å². The molecular formula is C12H16N4O. The number of fused-ring (bicyclic) bond motifs is 2. The molecule has 0 aromatic carbocycles. The highest BCUT2D eigenvalue weighted by atomic mass is 16.2. The number of hydrogen-bond acceptors (Lipinski definition) is 3. The summed E-state index contributed by atoms with van der Waals surface area (Å²) in [7, 11) is 0. The maximum Gasteiger partial charge on any atom is 0.346 e. The van der Waals surface area contributed by atoms with E-state index in [1.165, 1.54) is 0 Å². The zero-order valence-corrected chi connectivity index (χ0v) is 9.72. The van der Waals surface area contributed by atoms with Crippen LogP contribution in [0, 0.1) is 12.3 Å². The van der Waals surface area contributed by atoms with Gasteiger partial charge in [0.25, 0.3) is 0 Å². The molecule has 3 aliphatic heterocycles. The molecule has 17 heavy (non-hydrogen) atoms. The molecule has 5 heteroatoms. The fourth-order valence-corrected chi connectivity index (χ4v) is 3.60. The minimum atomic E-state index is -0.417. The van der Waals surface area contributed by atoms with Crippen molar-refractivity contribution in [1.82, 2.24) is 9.80 Å². The third-order valence-corrected chi connectivity index (χ3v) is 4.32. The molecule has 2 fully saturated rings. The van der Waals surface area contributed by atoms with Crippen molar-refractivity contribution in [3.05, 3.63) is 0 Å². The van der Waals surface area contributed by atoms with Crippen LogP contribution in [0.5, 0.6) is 0 Å². The second-order valence-electron chi connectivity index (χ2n) is 4.94. The summed E-state index contributed by atoms with van der Waals surface area (Å²) in [4.78, 5) is 19.9. The molecule has 2 N–H and O–H groups in total. The van der Waals surface area contributed by atoms with Crippen LogP contribution >= 0.6 is 0 Å². The third-order valence-electron chi connectivity index (χ3n) is 4.32. The van der Waals surface area contributed by atoms with Crippen LogP contribution in [-0.2, 0) is 0 Å². The minimum Gasteiger partial charge on any atom is -0.385 e. The lowest BCUT2D eigenvalue weighted by atomic mass is 9.86. The number of rotatable bonds is 1. The summed E-state index contributed by atoms with van der Waals surface area (Å²) in [6.07, 6.45) is 8.45. The maximum atomic E-state index is 11.9. The SMILES string of the molecule is C#CCN1C(=O)N=C(N)C12CCN1CCCC12. The molecule has 0 saturated carbocycles. The van der Waals surface area contributed by atoms with E-state index in [1.807, 2.05) is 0 Å². The summed E-state index contributed by atoms with van der Waals surface area (Å²) < 4.78 is 0. The second kappa shape index (κ2) is 3.47. The summed E-state index contributed by atoms with van der Waals surface area (Å²) in [5, 5.41) is 0. The number of aliphatic imine (C=N–C) groups is 1. The Morgan fingerprint density at radius 2 is 2.41 bits per heavy atom. The number of hydrogen-bond donors (Lipinski definition) is 1. The smallest absolute Gasteiger partial charge is 0.346 e. The van der Waals surface area contributed by atoms with Crippen LogP contribution in [0.25, 0.3) is 0 Å². The number of urea groups is 1. The highest BCUT2D eigenvalue weighted by Gasteiger charge is 2.59. The number of carbonyl (C=O) groups excluding carboxylic acids is 1. The third kappa shape index (κ3) is 1.19. The first-order chi connectivity index (χ1) is 8.20. The average Bonchev–Trinajstić information content (AvgIpc) is 2.91. The van der Waals surface area contributed by atoms with Crippen molar-refractivity contribution in [2.45, 2.75) is 30.8 Å². The summed E-state index contributed by atoms with van der Waals surface area (Å²) in [5.74, 6) is 3.01. The molecule has 0 radical (unpaired) electrons. The first-order valence-electron chi connectivity index (χ1n) is 6.04. The molecule has 3 aliphatic rings. The van der Waals surface area contributed by atoms with Gasteiger partial charge in [0, 0.05) is 12.6 Å². The van der Waals surface area contributed by atoms with Crippen LogP contribution in [0.4, 0.5) is 4.79 Å². The number of amides is 2. The molecule has 5 nitrogen and oxygen atoms in total. The number of nitrogens with two attached hydrogens (primary N) is 1. The van der Waals surface area contributed by atoms with Crippen molar-refractivity contribution < 1.29 is 4.79 Å². The average molecular weight is 232 g/mol. The molecule has 2 atom stereocenters. The van der Waals surface area contributed by atoms with Gasteiger partial charge < -0.3 is 5.73 Å². The first-order valence-corrected chi connectivity index (χ1v) is 6.04. The van der Waals surface area contributed by atoms with E-state index in [-0.39, 0.29) is 6.03 Å². The van der Waals surface area contributed by atoms with E-state index in [4.69, 9.17) is 12.2 Å². The first kappa shape index (κ1) is 10.6. The minimum absolute atomic E-state index is 0.269. The van der Waals surface area contributed by atoms with Gasteiger partial charge in [-0.15, -0.1) is 6.42 Å². The molecule has 2 unspecified atom stereocenters. The normalized spacial score (nSPS) is 36.4. The predicted octanol–water partition coefficient (Wildman–Crippen LogP) is 0.0193. The highest BCUT2D eigenvalue weighted by Crippen LogP contribution is 2.42. The van der Waals surface area contributed by atoms with Gasteiger partial charge in [-0.25, -0.2) is 4.79 Å². The fourth-order valence-electron chi connectivity index (χ4n) is 3.60. The molecule has 90 valence electrons. The van der Waals surface area contributed by atoms with Crippen LogP contribution in [0.2, 0.25) is 0 Å². The molecule has 1 spiro atoms. The Hall–Kier alpha value is -1.54. The van der Waals surface area contributed by atoms with Crippen molar-refractivity contribution in [3.8, 4) is 12.3 Å². The Kier molecular flexibility index (Phi) is 2.17. The lowest BCUT2D eigenvalue weighted by Crippen LogP contribution is -2.60. The van der Waals surface area contributed by atoms with E-state index in [0.29, 0.717) is 18.4 Å². The van der Waals surface area contributed by atoms with Gasteiger partial charge in [0.05, 0.1) is 6.54 Å². The molecule has 3 heterocycles. The number of nitrogens with zero attached hydrogens (tertiary/aromatic N) is 3. The van der Waals surface area contributed by atoms with E-state index < -0.39 is 5.54 Å². The van der Waals surface area contributed by atoms with Crippen LogP contribution in [-0.4, -0.2) is 52.9 Å². The van der Waals surface area contributed by atoms with Crippen molar-refractivity contribution in [3.63, 3.8) is 0 Å². The van der Waals surface area contributed by atoms with Gasteiger partial charge in [-0.05, 0) is 25.8 Å². The number of amidine groups is 1. The lowest BCUT2D eigenvalue weighted by Gasteiger charge is -2.38. The van der Waals surface area contributed by atoms with Crippen LogP contribution in [0.15, 0.2) is 4.99 Å². The quantitative estimate of drug-likeness (QED) is 0.648. The van der Waals surface area contributed by atoms with Gasteiger partial charge >= 0.3 is 6.03 Å². The van der Waals surface area contributed by atoms with Crippen LogP contribution in [0.1, 0.15) is 19.3 Å². The predicted molar refractivity (Wildman–Crippen MR) is 64.5 cm³/mol. The summed E-state index contributed by atoms with van der Waals surface area (Å²) >= 11 is 0. The van der Waals surface area contributed by atoms with Crippen LogP contribution in [0.3, 0.4) is 0 Å². The number of carbonyl (C=O) groups is 1. The van der Waals surface area contributed by atoms with Crippen molar-refractivity contribution >= 4 is 11.9 Å². The van der Waals surface area contributed by atoms with Gasteiger partial charge in [0.2, 0.25) is 0 Å². The highest BCUT2D eigenvalue weighted by molar-refractivity contribution is 6.06. The lowest BCUT2D eigenvalue weighted by molar-refractivity contribution is 0.157. The van der Waals surface area contributed by atoms with Crippen molar-refractivity contribution in [2.24, 2.45) is 10.7 Å². The largest absolute Gasteiger partial charge is 0.385 e. The van der Waals surface area contributed by atoms with E-state index in [1.54, 1.807) is 4.90 Å². The van der Waals surface area contributed by atoms with Gasteiger partial charge in [-0.2, -0.15) is 4.99 Å². The standard InChI is InChI=1S/C12H16N4O/c1-2-6-16-11(17)14-10(13)12(16)5-8-15-7-3-4-9(12)15/h1,9H,3-8H2,(H2,13,14,17). The molecule has 0 bridgehead atoms. The van der Waals surface area contributed by atoms with E-state index in [9.17, 15) is 4.79 Å². The molecule has 0 aliphatic carbocycles. The van der Waals surface area contributed by atoms with Gasteiger partial charge in [0.15, 0.2) is 0 Å². The second-order valence-corrected chi connectivity index (χ2v) is 4.94. The molecule has 0 aromatic rings. The van der Waals surface area contributed by atoms with Crippen molar-refractivity contribution in [1.29, 1.82) is 0 Å². The summed E-state index contributed by atoms with van der Waals surface area (Å²) in [5.41, 5.74) is 5.62. The molecule has 3 rings (SSSR count). The monoisotopic (exact) mass is 232 g/mol. The van der Waals surface area contributed by atoms with E-state index >= 15 is 0 Å². The Morgan fingerprint density at radius 3 is 3.18 bits per heavy atom. The zero-order chi connectivity index (χ0) is 12.0. The van der Waals surface area contributed by atoms with Gasteiger partial charge in [0.1, 0.15) is 11.4 Å². The molecular weight excluding hydrogens is 216 g/mol. The Labute approximate surface area is 101 Å². The Balaban J connectivity index is 2.02. The molecule has 2 amide bonds. The van der Waals surface area contributed by atoms with E-state index in [2.05, 4.69) is 15.8 Å². The molecule has 2 saturated heterocycles. The maximum absolute atomic E-state index is 11.9. The topological polar surface area (TPSA) is 61.9 Å². The van der Waals surface area contributed by atoms with Crippen molar-refractivity contribution in [2.75, 3.05) is 19.6 Å². The Morgan fingerprint density at radius 1 is 1.59 bits per heavy atom. The zero-order valence-electron chi connectivity index (χ0n) is 9.72. The number of terminal acetylenes is 1. The summed E-state index contributed by atoms with van der Waals surface area (Å²) in [6.45, 7) is 2.38. The van der Waals surface area contributed by atoms with Gasteiger partial charge in [-0.1, -0.05) is 5.92 Å². The Bertz CT molecular complexity index is 438. The van der Waals surface area contributed by atoms with E-state index in [0.717, 1.165) is 32.4 Å². The fraction of sp³-hybridized carbons (Fsp3) is 0.667. The molecule has 0 aromatic heterocycles. The van der Waals surface area contributed by atoms with Crippen LogP contribution < -0.4 is 5.73 Å².